The van der Waals surface area contributed by atoms with Gasteiger partial charge in [-0.05, 0) is 50.2 Å². The summed E-state index contributed by atoms with van der Waals surface area (Å²) in [5.41, 5.74) is 7.72. The first-order valence-electron chi connectivity index (χ1n) is 8.30. The Kier molecular flexibility index (Phi) is 5.90. The third-order valence-electron chi connectivity index (χ3n) is 4.80. The van der Waals surface area contributed by atoms with Gasteiger partial charge in [0, 0.05) is 24.8 Å². The molecule has 1 aromatic rings. The number of anilines is 1. The first-order valence-corrected chi connectivity index (χ1v) is 8.30. The Labute approximate surface area is 124 Å². The van der Waals surface area contributed by atoms with Gasteiger partial charge >= 0.3 is 0 Å². The largest absolute Gasteiger partial charge is 0.371 e. The van der Waals surface area contributed by atoms with Crippen LogP contribution < -0.4 is 10.6 Å². The molecule has 1 aliphatic rings. The van der Waals surface area contributed by atoms with E-state index in [0.29, 0.717) is 12.0 Å². The van der Waals surface area contributed by atoms with Gasteiger partial charge in [0.1, 0.15) is 0 Å². The van der Waals surface area contributed by atoms with Crippen molar-refractivity contribution in [3.8, 4) is 0 Å². The molecule has 20 heavy (non-hydrogen) atoms. The van der Waals surface area contributed by atoms with E-state index in [1.54, 1.807) is 0 Å². The summed E-state index contributed by atoms with van der Waals surface area (Å²) in [7, 11) is 0. The zero-order chi connectivity index (χ0) is 14.4. The molecule has 1 fully saturated rings. The van der Waals surface area contributed by atoms with Crippen LogP contribution in [-0.2, 0) is 0 Å². The first kappa shape index (κ1) is 15.4. The average molecular weight is 274 g/mol. The van der Waals surface area contributed by atoms with Gasteiger partial charge in [0.05, 0.1) is 0 Å². The number of nitrogens with two attached hydrogens (primary N) is 1. The van der Waals surface area contributed by atoms with Crippen LogP contribution in [0.4, 0.5) is 5.69 Å². The van der Waals surface area contributed by atoms with Crippen LogP contribution >= 0.6 is 0 Å². The molecule has 3 unspecified atom stereocenters. The van der Waals surface area contributed by atoms with E-state index < -0.39 is 0 Å². The maximum atomic E-state index is 6.39. The van der Waals surface area contributed by atoms with E-state index in [9.17, 15) is 0 Å². The molecule has 0 amide bonds. The lowest BCUT2D eigenvalue weighted by Gasteiger charge is -2.38. The zero-order valence-corrected chi connectivity index (χ0v) is 13.1. The van der Waals surface area contributed by atoms with Crippen molar-refractivity contribution in [2.75, 3.05) is 18.0 Å². The topological polar surface area (TPSA) is 29.3 Å². The molecule has 2 heteroatoms. The smallest absolute Gasteiger partial charge is 0.0366 e. The van der Waals surface area contributed by atoms with Crippen LogP contribution in [0.5, 0.6) is 0 Å². The standard InChI is InChI=1S/C18H30N2/c1-3-8-15-11-12-18(19)16(13-15)14-20(4-2)17-9-6-5-7-10-17/h5-7,9-10,15-16,18H,3-4,8,11-14,19H2,1-2H3. The number of hydrogen-bond donors (Lipinski definition) is 1. The quantitative estimate of drug-likeness (QED) is 0.847. The molecule has 2 N–H and O–H groups in total. The highest BCUT2D eigenvalue weighted by molar-refractivity contribution is 5.45. The van der Waals surface area contributed by atoms with Crippen LogP contribution in [-0.4, -0.2) is 19.1 Å². The van der Waals surface area contributed by atoms with Crippen molar-refractivity contribution in [1.82, 2.24) is 0 Å². The third-order valence-corrected chi connectivity index (χ3v) is 4.80. The number of hydrogen-bond acceptors (Lipinski definition) is 2. The third kappa shape index (κ3) is 3.99. The molecule has 0 spiro atoms. The Balaban J connectivity index is 1.98. The fourth-order valence-electron chi connectivity index (χ4n) is 3.60. The molecular weight excluding hydrogens is 244 g/mol. The summed E-state index contributed by atoms with van der Waals surface area (Å²) in [6.45, 7) is 6.71. The molecule has 0 bridgehead atoms. The Morgan fingerprint density at radius 1 is 1.15 bits per heavy atom. The van der Waals surface area contributed by atoms with Crippen molar-refractivity contribution in [2.24, 2.45) is 17.6 Å². The predicted molar refractivity (Wildman–Crippen MR) is 88.0 cm³/mol. The molecule has 0 heterocycles. The molecule has 1 aliphatic carbocycles. The summed E-state index contributed by atoms with van der Waals surface area (Å²) in [4.78, 5) is 2.48. The maximum absolute atomic E-state index is 6.39. The molecule has 0 radical (unpaired) electrons. The van der Waals surface area contributed by atoms with E-state index in [0.717, 1.165) is 19.0 Å². The SMILES string of the molecule is CCCC1CCC(N)C(CN(CC)c2ccccc2)C1. The van der Waals surface area contributed by atoms with Gasteiger partial charge < -0.3 is 10.6 Å². The zero-order valence-electron chi connectivity index (χ0n) is 13.1. The van der Waals surface area contributed by atoms with Crippen LogP contribution in [0.15, 0.2) is 30.3 Å². The minimum absolute atomic E-state index is 0.390. The second-order valence-electron chi connectivity index (χ2n) is 6.27. The fraction of sp³-hybridized carbons (Fsp3) is 0.667. The molecule has 2 rings (SSSR count). The Bertz CT molecular complexity index is 376. The molecule has 3 atom stereocenters. The highest BCUT2D eigenvalue weighted by atomic mass is 15.1. The van der Waals surface area contributed by atoms with E-state index in [2.05, 4.69) is 49.1 Å². The Morgan fingerprint density at radius 3 is 2.55 bits per heavy atom. The van der Waals surface area contributed by atoms with Gasteiger partial charge in [-0.2, -0.15) is 0 Å². The van der Waals surface area contributed by atoms with Gasteiger partial charge in [-0.25, -0.2) is 0 Å². The van der Waals surface area contributed by atoms with Crippen molar-refractivity contribution in [2.45, 2.75) is 52.0 Å². The average Bonchev–Trinajstić information content (AvgIpc) is 2.49. The molecular formula is C18H30N2. The number of rotatable bonds is 6. The van der Waals surface area contributed by atoms with E-state index in [-0.39, 0.29) is 0 Å². The Hall–Kier alpha value is -1.02. The van der Waals surface area contributed by atoms with Crippen LogP contribution in [0.2, 0.25) is 0 Å². The molecule has 0 aliphatic heterocycles. The van der Waals surface area contributed by atoms with Crippen LogP contribution in [0.25, 0.3) is 0 Å². The lowest BCUT2D eigenvalue weighted by molar-refractivity contribution is 0.225. The van der Waals surface area contributed by atoms with Gasteiger partial charge in [0.25, 0.3) is 0 Å². The van der Waals surface area contributed by atoms with Crippen molar-refractivity contribution in [1.29, 1.82) is 0 Å². The summed E-state index contributed by atoms with van der Waals surface area (Å²) in [6.07, 6.45) is 6.55. The summed E-state index contributed by atoms with van der Waals surface area (Å²) in [5.74, 6) is 1.56. The molecule has 2 nitrogen and oxygen atoms in total. The van der Waals surface area contributed by atoms with Gasteiger partial charge in [-0.1, -0.05) is 38.0 Å². The minimum atomic E-state index is 0.390. The van der Waals surface area contributed by atoms with E-state index in [4.69, 9.17) is 5.73 Å². The second-order valence-corrected chi connectivity index (χ2v) is 6.27. The molecule has 112 valence electrons. The van der Waals surface area contributed by atoms with Crippen LogP contribution in [0.1, 0.15) is 46.0 Å². The Morgan fingerprint density at radius 2 is 1.90 bits per heavy atom. The number of benzene rings is 1. The number of nitrogens with zero attached hydrogens (tertiary/aromatic N) is 1. The fourth-order valence-corrected chi connectivity index (χ4v) is 3.60. The van der Waals surface area contributed by atoms with E-state index in [1.807, 2.05) is 0 Å². The van der Waals surface area contributed by atoms with Crippen molar-refractivity contribution < 1.29 is 0 Å². The maximum Gasteiger partial charge on any atom is 0.0366 e. The lowest BCUT2D eigenvalue weighted by Crippen LogP contribution is -2.43. The normalized spacial score (nSPS) is 26.4. The van der Waals surface area contributed by atoms with Gasteiger partial charge in [-0.3, -0.25) is 0 Å². The monoisotopic (exact) mass is 274 g/mol. The molecule has 1 saturated carbocycles. The van der Waals surface area contributed by atoms with Crippen molar-refractivity contribution in [3.63, 3.8) is 0 Å². The number of para-hydroxylation sites is 1. The van der Waals surface area contributed by atoms with E-state index >= 15 is 0 Å². The van der Waals surface area contributed by atoms with Gasteiger partial charge in [0.2, 0.25) is 0 Å². The summed E-state index contributed by atoms with van der Waals surface area (Å²) < 4.78 is 0. The molecule has 0 saturated heterocycles. The summed E-state index contributed by atoms with van der Waals surface area (Å²) >= 11 is 0. The molecule has 0 aromatic heterocycles. The first-order chi connectivity index (χ1) is 9.74. The lowest BCUT2D eigenvalue weighted by atomic mass is 9.76. The van der Waals surface area contributed by atoms with Gasteiger partial charge in [-0.15, -0.1) is 0 Å². The second kappa shape index (κ2) is 7.68. The highest BCUT2D eigenvalue weighted by Crippen LogP contribution is 2.32. The summed E-state index contributed by atoms with van der Waals surface area (Å²) in [5, 5.41) is 0. The highest BCUT2D eigenvalue weighted by Gasteiger charge is 2.28. The van der Waals surface area contributed by atoms with Crippen LogP contribution in [0.3, 0.4) is 0 Å². The molecule has 1 aromatic carbocycles. The van der Waals surface area contributed by atoms with Crippen molar-refractivity contribution >= 4 is 5.69 Å². The minimum Gasteiger partial charge on any atom is -0.371 e. The predicted octanol–water partition coefficient (Wildman–Crippen LogP) is 4.06. The summed E-state index contributed by atoms with van der Waals surface area (Å²) in [6, 6.07) is 11.1. The van der Waals surface area contributed by atoms with E-state index in [1.165, 1.54) is 37.8 Å². The van der Waals surface area contributed by atoms with Gasteiger partial charge in [0.15, 0.2) is 0 Å². The van der Waals surface area contributed by atoms with Crippen molar-refractivity contribution in [3.05, 3.63) is 30.3 Å². The van der Waals surface area contributed by atoms with Crippen LogP contribution in [0, 0.1) is 11.8 Å².